The number of pyridine rings is 1. The third-order valence-corrected chi connectivity index (χ3v) is 5.38. The number of aromatic nitrogens is 1. The van der Waals surface area contributed by atoms with E-state index in [0.29, 0.717) is 25.5 Å². The van der Waals surface area contributed by atoms with Gasteiger partial charge in [0, 0.05) is 51.5 Å². The number of nitrogens with one attached hydrogen (secondary N) is 3. The van der Waals surface area contributed by atoms with Crippen LogP contribution in [0.4, 0.5) is 0 Å². The van der Waals surface area contributed by atoms with Crippen molar-refractivity contribution in [3.8, 4) is 0 Å². The zero-order chi connectivity index (χ0) is 19.0. The minimum absolute atomic E-state index is 0. The number of rotatable bonds is 7. The summed E-state index contributed by atoms with van der Waals surface area (Å²) in [7, 11) is -1.79. The summed E-state index contributed by atoms with van der Waals surface area (Å²) in [4.78, 5) is 21.6. The average Bonchev–Trinajstić information content (AvgIpc) is 2.63. The lowest BCUT2D eigenvalue weighted by atomic mass is 10.1. The molecule has 1 fully saturated rings. The number of carbonyl (C=O) groups is 1. The molecule has 1 atom stereocenters. The Morgan fingerprint density at radius 2 is 2.22 bits per heavy atom. The predicted molar refractivity (Wildman–Crippen MR) is 115 cm³/mol. The molecule has 27 heavy (non-hydrogen) atoms. The van der Waals surface area contributed by atoms with Crippen molar-refractivity contribution >= 4 is 45.9 Å². The molecule has 1 amide bonds. The maximum Gasteiger partial charge on any atom is 0.242 e. The van der Waals surface area contributed by atoms with Crippen LogP contribution < -0.4 is 15.4 Å². The van der Waals surface area contributed by atoms with E-state index in [1.54, 1.807) is 18.0 Å². The van der Waals surface area contributed by atoms with Gasteiger partial charge in [0.1, 0.15) is 4.90 Å². The first-order valence-corrected chi connectivity index (χ1v) is 10.1. The standard InChI is InChI=1S/C16H26N6O3S.HI/c1-3-18-16(21-13-6-7-15(23)22(2)12-13)19-9-10-20-26(24,25)14-5-4-8-17-11-14;/h4-5,8,11,13,20H,3,6-7,9-10,12H2,1-2H3,(H2,18,19,21);1H. The molecule has 0 bridgehead atoms. The number of carbonyl (C=O) groups excluding carboxylic acids is 1. The Labute approximate surface area is 177 Å². The zero-order valence-corrected chi connectivity index (χ0v) is 18.7. The normalized spacial score (nSPS) is 18.0. The van der Waals surface area contributed by atoms with Crippen molar-refractivity contribution < 1.29 is 13.2 Å². The van der Waals surface area contributed by atoms with Crippen LogP contribution in [0, 0.1) is 0 Å². The van der Waals surface area contributed by atoms with E-state index in [4.69, 9.17) is 0 Å². The average molecular weight is 510 g/mol. The van der Waals surface area contributed by atoms with E-state index in [1.807, 2.05) is 6.92 Å². The van der Waals surface area contributed by atoms with Crippen molar-refractivity contribution in [1.29, 1.82) is 0 Å². The zero-order valence-electron chi connectivity index (χ0n) is 15.5. The van der Waals surface area contributed by atoms with Gasteiger partial charge in [-0.1, -0.05) is 0 Å². The molecule has 1 aromatic heterocycles. The summed E-state index contributed by atoms with van der Waals surface area (Å²) < 4.78 is 26.7. The second-order valence-electron chi connectivity index (χ2n) is 6.00. The molecule has 1 saturated heterocycles. The smallest absolute Gasteiger partial charge is 0.242 e. The van der Waals surface area contributed by atoms with Crippen LogP contribution in [-0.4, -0.2) is 69.4 Å². The summed E-state index contributed by atoms with van der Waals surface area (Å²) in [6.45, 7) is 3.73. The molecule has 152 valence electrons. The number of likely N-dealkylation sites (tertiary alicyclic amines) is 1. The van der Waals surface area contributed by atoms with Gasteiger partial charge < -0.3 is 15.5 Å². The molecule has 0 spiro atoms. The van der Waals surface area contributed by atoms with E-state index in [0.717, 1.165) is 6.42 Å². The fourth-order valence-corrected chi connectivity index (χ4v) is 3.56. The molecular weight excluding hydrogens is 483 g/mol. The van der Waals surface area contributed by atoms with Crippen LogP contribution in [0.3, 0.4) is 0 Å². The van der Waals surface area contributed by atoms with Crippen molar-refractivity contribution in [2.45, 2.75) is 30.7 Å². The Hall–Kier alpha value is -1.47. The van der Waals surface area contributed by atoms with Crippen LogP contribution >= 0.6 is 24.0 Å². The summed E-state index contributed by atoms with van der Waals surface area (Å²) >= 11 is 0. The Kier molecular flexibility index (Phi) is 9.94. The number of piperidine rings is 1. The minimum atomic E-state index is -3.58. The van der Waals surface area contributed by atoms with Gasteiger partial charge in [-0.25, -0.2) is 13.1 Å². The third kappa shape index (κ3) is 7.58. The SMILES string of the molecule is CCNC(=NCCNS(=O)(=O)c1cccnc1)NC1CCC(=O)N(C)C1.I. The quantitative estimate of drug-likeness (QED) is 0.208. The van der Waals surface area contributed by atoms with Crippen LogP contribution in [0.15, 0.2) is 34.4 Å². The van der Waals surface area contributed by atoms with Crippen LogP contribution in [-0.2, 0) is 14.8 Å². The number of hydrogen-bond donors (Lipinski definition) is 3. The number of hydrogen-bond acceptors (Lipinski definition) is 5. The summed E-state index contributed by atoms with van der Waals surface area (Å²) in [5.74, 6) is 0.760. The van der Waals surface area contributed by atoms with Crippen LogP contribution in [0.25, 0.3) is 0 Å². The Balaban J connectivity index is 0.00000364. The number of halogens is 1. The summed E-state index contributed by atoms with van der Waals surface area (Å²) in [5, 5.41) is 6.43. The Morgan fingerprint density at radius 3 is 2.85 bits per heavy atom. The lowest BCUT2D eigenvalue weighted by molar-refractivity contribution is -0.132. The molecule has 1 aliphatic heterocycles. The van der Waals surface area contributed by atoms with Crippen LogP contribution in [0.2, 0.25) is 0 Å². The van der Waals surface area contributed by atoms with E-state index in [2.05, 4.69) is 25.3 Å². The van der Waals surface area contributed by atoms with Gasteiger partial charge in [-0.3, -0.25) is 14.8 Å². The monoisotopic (exact) mass is 510 g/mol. The van der Waals surface area contributed by atoms with Gasteiger partial charge in [-0.2, -0.15) is 0 Å². The van der Waals surface area contributed by atoms with Crippen LogP contribution in [0.5, 0.6) is 0 Å². The molecule has 0 radical (unpaired) electrons. The van der Waals surface area contributed by atoms with E-state index < -0.39 is 10.0 Å². The lowest BCUT2D eigenvalue weighted by Crippen LogP contribution is -2.51. The fraction of sp³-hybridized carbons (Fsp3) is 0.562. The maximum atomic E-state index is 12.1. The topological polar surface area (TPSA) is 116 Å². The highest BCUT2D eigenvalue weighted by molar-refractivity contribution is 14.0. The molecule has 2 rings (SSSR count). The van der Waals surface area contributed by atoms with Crippen LogP contribution in [0.1, 0.15) is 19.8 Å². The number of guanidine groups is 1. The van der Waals surface area contributed by atoms with Gasteiger partial charge in [0.25, 0.3) is 0 Å². The van der Waals surface area contributed by atoms with Gasteiger partial charge >= 0.3 is 0 Å². The molecule has 1 unspecified atom stereocenters. The number of nitrogens with zero attached hydrogens (tertiary/aromatic N) is 3. The molecule has 11 heteroatoms. The molecule has 1 aliphatic rings. The largest absolute Gasteiger partial charge is 0.357 e. The van der Waals surface area contributed by atoms with Crippen molar-refractivity contribution in [3.63, 3.8) is 0 Å². The number of amides is 1. The van der Waals surface area contributed by atoms with E-state index in [1.165, 1.54) is 18.5 Å². The predicted octanol–water partition coefficient (Wildman–Crippen LogP) is 0.154. The Morgan fingerprint density at radius 1 is 1.44 bits per heavy atom. The first kappa shape index (κ1) is 23.6. The third-order valence-electron chi connectivity index (χ3n) is 3.93. The summed E-state index contributed by atoms with van der Waals surface area (Å²) in [6, 6.07) is 3.19. The number of aliphatic imine (C=N–C) groups is 1. The molecule has 0 saturated carbocycles. The maximum absolute atomic E-state index is 12.1. The first-order chi connectivity index (χ1) is 12.4. The van der Waals surface area contributed by atoms with Gasteiger partial charge in [0.05, 0.1) is 6.54 Å². The highest BCUT2D eigenvalue weighted by Crippen LogP contribution is 2.09. The van der Waals surface area contributed by atoms with Gasteiger partial charge in [-0.15, -0.1) is 24.0 Å². The molecule has 0 aliphatic carbocycles. The lowest BCUT2D eigenvalue weighted by Gasteiger charge is -2.31. The first-order valence-electron chi connectivity index (χ1n) is 8.61. The number of sulfonamides is 1. The van der Waals surface area contributed by atoms with E-state index >= 15 is 0 Å². The van der Waals surface area contributed by atoms with Gasteiger partial charge in [0.2, 0.25) is 15.9 Å². The van der Waals surface area contributed by atoms with Crippen molar-refractivity contribution in [1.82, 2.24) is 25.2 Å². The van der Waals surface area contributed by atoms with E-state index in [-0.39, 0.29) is 53.9 Å². The van der Waals surface area contributed by atoms with Crippen molar-refractivity contribution in [2.75, 3.05) is 33.2 Å². The van der Waals surface area contributed by atoms with Gasteiger partial charge in [0.15, 0.2) is 5.96 Å². The van der Waals surface area contributed by atoms with E-state index in [9.17, 15) is 13.2 Å². The molecule has 3 N–H and O–H groups in total. The van der Waals surface area contributed by atoms with Crippen molar-refractivity contribution in [2.24, 2.45) is 4.99 Å². The molecule has 2 heterocycles. The summed E-state index contributed by atoms with van der Waals surface area (Å²) in [5.41, 5.74) is 0. The highest BCUT2D eigenvalue weighted by atomic mass is 127. The van der Waals surface area contributed by atoms with Crippen molar-refractivity contribution in [3.05, 3.63) is 24.5 Å². The second kappa shape index (κ2) is 11.4. The minimum Gasteiger partial charge on any atom is -0.357 e. The fourth-order valence-electron chi connectivity index (χ4n) is 2.58. The molecular formula is C16H27IN6O3S. The summed E-state index contributed by atoms with van der Waals surface area (Å²) in [6.07, 6.45) is 4.09. The highest BCUT2D eigenvalue weighted by Gasteiger charge is 2.23. The number of likely N-dealkylation sites (N-methyl/N-ethyl adjacent to an activating group) is 1. The molecule has 1 aromatic rings. The second-order valence-corrected chi connectivity index (χ2v) is 7.77. The molecule has 9 nitrogen and oxygen atoms in total. The Bertz CT molecular complexity index is 729. The molecule has 0 aromatic carbocycles. The van der Waals surface area contributed by atoms with Gasteiger partial charge in [-0.05, 0) is 25.5 Å².